The van der Waals surface area contributed by atoms with Crippen molar-refractivity contribution < 1.29 is 19.0 Å². The molecule has 0 saturated carbocycles. The van der Waals surface area contributed by atoms with Crippen molar-refractivity contribution in [2.45, 2.75) is 19.4 Å². The molecule has 0 aliphatic rings. The predicted molar refractivity (Wildman–Crippen MR) is 167 cm³/mol. The molecule has 0 saturated heterocycles. The summed E-state index contributed by atoms with van der Waals surface area (Å²) in [7, 11) is 6.93. The number of nitrogens with one attached hydrogen (secondary N) is 2. The van der Waals surface area contributed by atoms with E-state index in [0.717, 1.165) is 47.8 Å². The van der Waals surface area contributed by atoms with Crippen LogP contribution in [0.3, 0.4) is 0 Å². The average molecular weight is 566 g/mol. The molecule has 1 amide bonds. The fourth-order valence-electron chi connectivity index (χ4n) is 5.20. The van der Waals surface area contributed by atoms with E-state index in [9.17, 15) is 9.59 Å². The Bertz CT molecular complexity index is 1780. The van der Waals surface area contributed by atoms with Crippen molar-refractivity contribution in [3.8, 4) is 17.2 Å². The number of likely N-dealkylation sites (N-methyl/N-ethyl adjacent to an activating group) is 1. The van der Waals surface area contributed by atoms with Gasteiger partial charge >= 0.3 is 0 Å². The molecule has 8 heteroatoms. The fourth-order valence-corrected chi connectivity index (χ4v) is 5.20. The van der Waals surface area contributed by atoms with Crippen LogP contribution in [0.15, 0.2) is 83.7 Å². The lowest BCUT2D eigenvalue weighted by Gasteiger charge is -2.18. The maximum atomic E-state index is 13.2. The molecule has 8 nitrogen and oxygen atoms in total. The van der Waals surface area contributed by atoms with Crippen molar-refractivity contribution in [3.05, 3.63) is 106 Å². The van der Waals surface area contributed by atoms with Crippen LogP contribution < -0.4 is 25.0 Å². The summed E-state index contributed by atoms with van der Waals surface area (Å²) in [5.74, 6) is 1.87. The zero-order chi connectivity index (χ0) is 29.6. The minimum atomic E-state index is -0.161. The molecule has 5 rings (SSSR count). The van der Waals surface area contributed by atoms with E-state index in [1.807, 2.05) is 54.6 Å². The number of pyridine rings is 1. The molecule has 0 bridgehead atoms. The van der Waals surface area contributed by atoms with E-state index < -0.39 is 0 Å². The number of H-pyrrole nitrogens is 1. The zero-order valence-electron chi connectivity index (χ0n) is 24.3. The molecule has 216 valence electrons. The third-order valence-corrected chi connectivity index (χ3v) is 7.41. The van der Waals surface area contributed by atoms with E-state index in [-0.39, 0.29) is 17.8 Å². The Kier molecular flexibility index (Phi) is 8.74. The number of aromatic nitrogens is 1. The topological polar surface area (TPSA) is 92.9 Å². The highest BCUT2D eigenvalue weighted by molar-refractivity contribution is 5.99. The Balaban J connectivity index is 1.21. The number of anilines is 1. The molecule has 1 aromatic heterocycles. The number of ether oxygens (including phenoxy) is 3. The van der Waals surface area contributed by atoms with Crippen molar-refractivity contribution >= 4 is 33.4 Å². The molecule has 4 aromatic carbocycles. The van der Waals surface area contributed by atoms with Gasteiger partial charge in [0.1, 0.15) is 5.75 Å². The van der Waals surface area contributed by atoms with Gasteiger partial charge in [-0.15, -0.1) is 0 Å². The van der Waals surface area contributed by atoms with Gasteiger partial charge in [-0.1, -0.05) is 36.4 Å². The molecule has 0 aliphatic heterocycles. The van der Waals surface area contributed by atoms with Crippen molar-refractivity contribution in [1.29, 1.82) is 0 Å². The number of hydrogen-bond donors (Lipinski definition) is 2. The van der Waals surface area contributed by atoms with Crippen LogP contribution in [0.4, 0.5) is 5.69 Å². The smallest absolute Gasteiger partial charge is 0.228 e. The Morgan fingerprint density at radius 2 is 1.45 bits per heavy atom. The fraction of sp³-hybridized carbons (Fsp3) is 0.235. The minimum absolute atomic E-state index is 0.0927. The second-order valence-electron chi connectivity index (χ2n) is 10.3. The van der Waals surface area contributed by atoms with E-state index in [4.69, 9.17) is 14.2 Å². The number of aromatic amines is 1. The van der Waals surface area contributed by atoms with Crippen LogP contribution in [0.5, 0.6) is 17.2 Å². The highest BCUT2D eigenvalue weighted by Gasteiger charge is 2.14. The molecule has 0 spiro atoms. The van der Waals surface area contributed by atoms with Gasteiger partial charge in [0.15, 0.2) is 16.9 Å². The number of para-hydroxylation sites is 2. The molecule has 0 fully saturated rings. The van der Waals surface area contributed by atoms with E-state index in [0.29, 0.717) is 27.6 Å². The number of carbonyl (C=O) groups is 1. The lowest BCUT2D eigenvalue weighted by molar-refractivity contribution is -0.115. The maximum Gasteiger partial charge on any atom is 0.228 e. The van der Waals surface area contributed by atoms with E-state index >= 15 is 0 Å². The molecular weight excluding hydrogens is 530 g/mol. The van der Waals surface area contributed by atoms with Gasteiger partial charge in [-0.25, -0.2) is 0 Å². The van der Waals surface area contributed by atoms with Crippen LogP contribution in [0.25, 0.3) is 21.8 Å². The third kappa shape index (κ3) is 6.24. The summed E-state index contributed by atoms with van der Waals surface area (Å²) in [6, 6.07) is 24.7. The summed E-state index contributed by atoms with van der Waals surface area (Å²) < 4.78 is 16.2. The van der Waals surface area contributed by atoms with Gasteiger partial charge in [-0.2, -0.15) is 0 Å². The Hall–Kier alpha value is -4.82. The number of rotatable bonds is 11. The number of methoxy groups -OCH3 is 3. The number of nitrogens with zero attached hydrogens (tertiary/aromatic N) is 1. The van der Waals surface area contributed by atoms with Gasteiger partial charge in [0, 0.05) is 29.5 Å². The van der Waals surface area contributed by atoms with E-state index in [2.05, 4.69) is 22.2 Å². The molecule has 42 heavy (non-hydrogen) atoms. The van der Waals surface area contributed by atoms with Crippen LogP contribution in [-0.2, 0) is 24.2 Å². The van der Waals surface area contributed by atoms with Crippen molar-refractivity contribution in [2.24, 2.45) is 0 Å². The normalized spacial score (nSPS) is 11.2. The number of amides is 1. The molecular formula is C34H35N3O5. The van der Waals surface area contributed by atoms with Crippen LogP contribution in [-0.4, -0.2) is 50.7 Å². The molecule has 2 N–H and O–H groups in total. The van der Waals surface area contributed by atoms with Crippen LogP contribution >= 0.6 is 0 Å². The number of fused-ring (bicyclic) bond motifs is 2. The number of benzene rings is 4. The lowest BCUT2D eigenvalue weighted by atomic mass is 10.0. The summed E-state index contributed by atoms with van der Waals surface area (Å²) in [6.07, 6.45) is 0.995. The molecule has 0 atom stereocenters. The summed E-state index contributed by atoms with van der Waals surface area (Å²) in [5, 5.41) is 4.08. The highest BCUT2D eigenvalue weighted by atomic mass is 16.5. The SMILES string of the molecule is COc1ccc(CN(C)CCc2ccc(NC(=O)Cc3cccc4c(=O)c5cccc(OC)c5[nH]c34)cc2)cc1OC. The highest BCUT2D eigenvalue weighted by Crippen LogP contribution is 2.28. The minimum Gasteiger partial charge on any atom is -0.495 e. The maximum absolute atomic E-state index is 13.2. The zero-order valence-corrected chi connectivity index (χ0v) is 24.3. The summed E-state index contributed by atoms with van der Waals surface area (Å²) in [4.78, 5) is 31.8. The van der Waals surface area contributed by atoms with Gasteiger partial charge in [0.05, 0.1) is 38.8 Å². The van der Waals surface area contributed by atoms with Gasteiger partial charge < -0.3 is 29.4 Å². The Morgan fingerprint density at radius 3 is 2.17 bits per heavy atom. The van der Waals surface area contributed by atoms with E-state index in [1.54, 1.807) is 45.6 Å². The Morgan fingerprint density at radius 1 is 0.786 bits per heavy atom. The van der Waals surface area contributed by atoms with Gasteiger partial charge in [0.2, 0.25) is 5.91 Å². The van der Waals surface area contributed by atoms with Crippen molar-refractivity contribution in [2.75, 3.05) is 40.2 Å². The Labute approximate surface area is 244 Å². The van der Waals surface area contributed by atoms with E-state index in [1.165, 1.54) is 5.56 Å². The standard InChI is InChI=1S/C34H35N3O5/c1-37(21-23-13-16-28(40-2)30(19-23)42-4)18-17-22-11-14-25(15-12-22)35-31(38)20-24-7-5-8-26-32(24)36-33-27(34(26)39)9-6-10-29(33)41-3/h5-16,19H,17-18,20-21H2,1-4H3,(H,35,38)(H,36,39). The van der Waals surface area contributed by atoms with Crippen LogP contribution in [0.2, 0.25) is 0 Å². The first-order valence-electron chi connectivity index (χ1n) is 13.8. The summed E-state index contributed by atoms with van der Waals surface area (Å²) in [5.41, 5.74) is 4.96. The monoisotopic (exact) mass is 565 g/mol. The number of hydrogen-bond acceptors (Lipinski definition) is 6. The predicted octanol–water partition coefficient (Wildman–Crippen LogP) is 5.56. The molecule has 0 unspecified atom stereocenters. The molecule has 5 aromatic rings. The van der Waals surface area contributed by atoms with Crippen LogP contribution in [0, 0.1) is 0 Å². The summed E-state index contributed by atoms with van der Waals surface area (Å²) in [6.45, 7) is 1.66. The number of carbonyl (C=O) groups excluding carboxylic acids is 1. The van der Waals surface area contributed by atoms with Crippen LogP contribution in [0.1, 0.15) is 16.7 Å². The second-order valence-corrected chi connectivity index (χ2v) is 10.3. The average Bonchev–Trinajstić information content (AvgIpc) is 3.01. The first-order chi connectivity index (χ1) is 20.4. The largest absolute Gasteiger partial charge is 0.495 e. The third-order valence-electron chi connectivity index (χ3n) is 7.41. The summed E-state index contributed by atoms with van der Waals surface area (Å²) >= 11 is 0. The van der Waals surface area contributed by atoms with Crippen molar-refractivity contribution in [1.82, 2.24) is 9.88 Å². The first-order valence-corrected chi connectivity index (χ1v) is 13.8. The first kappa shape index (κ1) is 28.7. The molecule has 1 heterocycles. The quantitative estimate of drug-likeness (QED) is 0.204. The lowest BCUT2D eigenvalue weighted by Crippen LogP contribution is -2.20. The van der Waals surface area contributed by atoms with Crippen molar-refractivity contribution in [3.63, 3.8) is 0 Å². The molecule has 0 aliphatic carbocycles. The van der Waals surface area contributed by atoms with Gasteiger partial charge in [-0.3, -0.25) is 9.59 Å². The van der Waals surface area contributed by atoms with Gasteiger partial charge in [-0.05, 0) is 72.6 Å². The second kappa shape index (κ2) is 12.8. The van der Waals surface area contributed by atoms with Gasteiger partial charge in [0.25, 0.3) is 0 Å². The molecule has 0 radical (unpaired) electrons.